The van der Waals surface area contributed by atoms with Crippen molar-refractivity contribution in [3.8, 4) is 0 Å². The Labute approximate surface area is 107 Å². The fourth-order valence-electron chi connectivity index (χ4n) is 1.30. The van der Waals surface area contributed by atoms with Gasteiger partial charge in [0.1, 0.15) is 6.04 Å². The van der Waals surface area contributed by atoms with Crippen LogP contribution in [0.4, 0.5) is 0 Å². The van der Waals surface area contributed by atoms with E-state index < -0.39 is 12.0 Å². The van der Waals surface area contributed by atoms with Crippen molar-refractivity contribution in [3.05, 3.63) is 0 Å². The molecule has 2 atom stereocenters. The minimum Gasteiger partial charge on any atom is -0.467 e. The van der Waals surface area contributed by atoms with Crippen LogP contribution in [0.3, 0.4) is 0 Å². The van der Waals surface area contributed by atoms with Crippen LogP contribution < -0.4 is 10.6 Å². The van der Waals surface area contributed by atoms with E-state index >= 15 is 0 Å². The van der Waals surface area contributed by atoms with E-state index in [1.807, 2.05) is 0 Å². The maximum absolute atomic E-state index is 11.4. The summed E-state index contributed by atoms with van der Waals surface area (Å²) in [6, 6.07) is -0.308. The molecule has 0 aliphatic rings. The lowest BCUT2D eigenvalue weighted by Gasteiger charge is -2.19. The molecule has 0 aliphatic carbocycles. The number of ether oxygens (including phenoxy) is 1. The number of hydrogen-bond donors (Lipinski definition) is 2. The first-order chi connectivity index (χ1) is 8.01. The minimum atomic E-state index is -0.616. The molecule has 0 heterocycles. The SMILES string of the molecule is COC(=O)C(CNC(C)CCSC)NC(C)=O. The lowest BCUT2D eigenvalue weighted by molar-refractivity contribution is -0.144. The van der Waals surface area contributed by atoms with Crippen LogP contribution in [0.2, 0.25) is 0 Å². The molecule has 0 rings (SSSR count). The topological polar surface area (TPSA) is 67.4 Å². The molecule has 0 radical (unpaired) electrons. The summed E-state index contributed by atoms with van der Waals surface area (Å²) in [5.74, 6) is 0.403. The van der Waals surface area contributed by atoms with Gasteiger partial charge in [-0.1, -0.05) is 0 Å². The Morgan fingerprint density at radius 2 is 2.06 bits per heavy atom. The quantitative estimate of drug-likeness (QED) is 0.620. The van der Waals surface area contributed by atoms with Crippen molar-refractivity contribution in [3.63, 3.8) is 0 Å². The van der Waals surface area contributed by atoms with Crippen LogP contribution in [0.25, 0.3) is 0 Å². The van der Waals surface area contributed by atoms with E-state index in [2.05, 4.69) is 28.5 Å². The normalized spacial score (nSPS) is 13.9. The predicted octanol–water partition coefficient (Wildman–Crippen LogP) is 0.395. The Bertz CT molecular complexity index is 249. The van der Waals surface area contributed by atoms with Gasteiger partial charge in [0.05, 0.1) is 7.11 Å². The Hall–Kier alpha value is -0.750. The summed E-state index contributed by atoms with van der Waals surface area (Å²) in [5.41, 5.74) is 0. The standard InChI is InChI=1S/C11H22N2O3S/c1-8(5-6-17-4)12-7-10(11(15)16-3)13-9(2)14/h8,10,12H,5-7H2,1-4H3,(H,13,14). The monoisotopic (exact) mass is 262 g/mol. The smallest absolute Gasteiger partial charge is 0.329 e. The van der Waals surface area contributed by atoms with E-state index in [0.717, 1.165) is 12.2 Å². The van der Waals surface area contributed by atoms with Crippen LogP contribution in [-0.4, -0.2) is 49.6 Å². The highest BCUT2D eigenvalue weighted by molar-refractivity contribution is 7.98. The maximum atomic E-state index is 11.4. The second kappa shape index (κ2) is 9.30. The zero-order valence-corrected chi connectivity index (χ0v) is 11.7. The van der Waals surface area contributed by atoms with Gasteiger partial charge in [-0.15, -0.1) is 0 Å². The van der Waals surface area contributed by atoms with Crippen molar-refractivity contribution in [2.24, 2.45) is 0 Å². The molecule has 0 aliphatic heterocycles. The lowest BCUT2D eigenvalue weighted by atomic mass is 10.2. The number of methoxy groups -OCH3 is 1. The van der Waals surface area contributed by atoms with Gasteiger partial charge in [-0.3, -0.25) is 4.79 Å². The van der Waals surface area contributed by atoms with Gasteiger partial charge in [-0.2, -0.15) is 11.8 Å². The van der Waals surface area contributed by atoms with E-state index in [0.29, 0.717) is 12.6 Å². The third kappa shape index (κ3) is 8.04. The van der Waals surface area contributed by atoms with E-state index in [-0.39, 0.29) is 5.91 Å². The zero-order chi connectivity index (χ0) is 13.3. The van der Waals surface area contributed by atoms with Crippen molar-refractivity contribution < 1.29 is 14.3 Å². The lowest BCUT2D eigenvalue weighted by Crippen LogP contribution is -2.48. The van der Waals surface area contributed by atoms with Gasteiger partial charge < -0.3 is 15.4 Å². The van der Waals surface area contributed by atoms with Crippen LogP contribution in [0, 0.1) is 0 Å². The first-order valence-corrected chi connectivity index (χ1v) is 6.97. The molecule has 2 N–H and O–H groups in total. The molecule has 0 saturated heterocycles. The van der Waals surface area contributed by atoms with Crippen LogP contribution in [0.15, 0.2) is 0 Å². The zero-order valence-electron chi connectivity index (χ0n) is 10.9. The number of carbonyl (C=O) groups excluding carboxylic acids is 2. The number of nitrogens with one attached hydrogen (secondary N) is 2. The highest BCUT2D eigenvalue weighted by atomic mass is 32.2. The molecule has 0 bridgehead atoms. The summed E-state index contributed by atoms with van der Waals surface area (Å²) < 4.78 is 4.63. The van der Waals surface area contributed by atoms with Gasteiger partial charge in [0, 0.05) is 19.5 Å². The molecule has 0 spiro atoms. The Kier molecular flexibility index (Phi) is 8.89. The minimum absolute atomic E-state index is 0.237. The Morgan fingerprint density at radius 3 is 2.53 bits per heavy atom. The summed E-state index contributed by atoms with van der Waals surface area (Å²) in [6.07, 6.45) is 3.08. The Balaban J connectivity index is 4.06. The molecule has 5 nitrogen and oxygen atoms in total. The van der Waals surface area contributed by atoms with Crippen LogP contribution in [0.5, 0.6) is 0 Å². The van der Waals surface area contributed by atoms with Crippen LogP contribution in [0.1, 0.15) is 20.3 Å². The van der Waals surface area contributed by atoms with Gasteiger partial charge in [0.15, 0.2) is 0 Å². The average Bonchev–Trinajstić information content (AvgIpc) is 2.30. The number of esters is 1. The summed E-state index contributed by atoms with van der Waals surface area (Å²) in [6.45, 7) is 3.83. The number of amides is 1. The third-order valence-corrected chi connectivity index (χ3v) is 2.93. The molecule has 0 aromatic rings. The predicted molar refractivity (Wildman–Crippen MR) is 70.1 cm³/mol. The highest BCUT2D eigenvalue weighted by Crippen LogP contribution is 2.00. The summed E-state index contributed by atoms with van der Waals surface area (Å²) in [7, 11) is 1.31. The van der Waals surface area contributed by atoms with Crippen molar-refractivity contribution in [2.75, 3.05) is 25.7 Å². The second-order valence-electron chi connectivity index (χ2n) is 3.87. The van der Waals surface area contributed by atoms with Crippen molar-refractivity contribution >= 4 is 23.6 Å². The molecule has 6 heteroatoms. The second-order valence-corrected chi connectivity index (χ2v) is 4.85. The van der Waals surface area contributed by atoms with Gasteiger partial charge in [-0.05, 0) is 25.4 Å². The first kappa shape index (κ1) is 16.2. The van der Waals surface area contributed by atoms with E-state index in [9.17, 15) is 9.59 Å². The molecular formula is C11H22N2O3S. The molecule has 2 unspecified atom stereocenters. The molecule has 0 aromatic heterocycles. The fraction of sp³-hybridized carbons (Fsp3) is 0.818. The molecule has 0 fully saturated rings. The molecule has 17 heavy (non-hydrogen) atoms. The largest absolute Gasteiger partial charge is 0.467 e. The first-order valence-electron chi connectivity index (χ1n) is 5.58. The molecule has 1 amide bonds. The number of carbonyl (C=O) groups is 2. The maximum Gasteiger partial charge on any atom is 0.329 e. The molecule has 100 valence electrons. The third-order valence-electron chi connectivity index (χ3n) is 2.29. The van der Waals surface area contributed by atoms with Crippen molar-refractivity contribution in [1.82, 2.24) is 10.6 Å². The summed E-state index contributed by atoms with van der Waals surface area (Å²) >= 11 is 1.78. The van der Waals surface area contributed by atoms with Crippen LogP contribution in [-0.2, 0) is 14.3 Å². The van der Waals surface area contributed by atoms with Gasteiger partial charge in [0.2, 0.25) is 5.91 Å². The van der Waals surface area contributed by atoms with Gasteiger partial charge >= 0.3 is 5.97 Å². The van der Waals surface area contributed by atoms with Gasteiger partial charge in [0.25, 0.3) is 0 Å². The number of hydrogen-bond acceptors (Lipinski definition) is 5. The van der Waals surface area contributed by atoms with Gasteiger partial charge in [-0.25, -0.2) is 4.79 Å². The van der Waals surface area contributed by atoms with E-state index in [4.69, 9.17) is 0 Å². The summed E-state index contributed by atoms with van der Waals surface area (Å²) in [5, 5.41) is 5.77. The Morgan fingerprint density at radius 1 is 1.41 bits per heavy atom. The van der Waals surface area contributed by atoms with E-state index in [1.54, 1.807) is 11.8 Å². The number of thioether (sulfide) groups is 1. The highest BCUT2D eigenvalue weighted by Gasteiger charge is 2.20. The molecule has 0 aromatic carbocycles. The van der Waals surface area contributed by atoms with E-state index in [1.165, 1.54) is 14.0 Å². The summed E-state index contributed by atoms with van der Waals surface area (Å²) in [4.78, 5) is 22.3. The van der Waals surface area contributed by atoms with Crippen molar-refractivity contribution in [2.45, 2.75) is 32.4 Å². The average molecular weight is 262 g/mol. The number of rotatable bonds is 8. The molecular weight excluding hydrogens is 240 g/mol. The molecule has 0 saturated carbocycles. The van der Waals surface area contributed by atoms with Crippen LogP contribution >= 0.6 is 11.8 Å². The van der Waals surface area contributed by atoms with Crippen molar-refractivity contribution in [1.29, 1.82) is 0 Å². The fourth-order valence-corrected chi connectivity index (χ4v) is 1.89.